The molecule has 0 saturated heterocycles. The predicted molar refractivity (Wildman–Crippen MR) is 121 cm³/mol. The molecule has 3 aromatic rings. The SMILES string of the molecule is CCc1cccc(C)c1NC(=O)[C@@H]1CN(S(=O)(=O)c2ccccc2)c2ccccc2O1. The van der Waals surface area contributed by atoms with E-state index in [4.69, 9.17) is 4.74 Å². The van der Waals surface area contributed by atoms with Crippen LogP contribution >= 0.6 is 0 Å². The van der Waals surface area contributed by atoms with Gasteiger partial charge in [-0.05, 0) is 48.7 Å². The van der Waals surface area contributed by atoms with Crippen LogP contribution in [0, 0.1) is 6.92 Å². The highest BCUT2D eigenvalue weighted by atomic mass is 32.2. The highest BCUT2D eigenvalue weighted by Gasteiger charge is 2.37. The van der Waals surface area contributed by atoms with E-state index in [1.54, 1.807) is 54.6 Å². The number of sulfonamides is 1. The molecule has 3 aromatic carbocycles. The normalized spacial score (nSPS) is 15.7. The van der Waals surface area contributed by atoms with E-state index in [-0.39, 0.29) is 17.3 Å². The number of carbonyl (C=O) groups excluding carboxylic acids is 1. The van der Waals surface area contributed by atoms with Gasteiger partial charge >= 0.3 is 0 Å². The van der Waals surface area contributed by atoms with Gasteiger partial charge in [0.15, 0.2) is 6.10 Å². The Hall–Kier alpha value is -3.32. The lowest BCUT2D eigenvalue weighted by Gasteiger charge is -2.34. The second-order valence-electron chi connectivity index (χ2n) is 7.38. The van der Waals surface area contributed by atoms with Gasteiger partial charge in [-0.2, -0.15) is 0 Å². The Labute approximate surface area is 182 Å². The maximum absolute atomic E-state index is 13.4. The first kappa shape index (κ1) is 20.9. The van der Waals surface area contributed by atoms with Crippen LogP contribution in [0.5, 0.6) is 5.75 Å². The molecule has 1 atom stereocenters. The lowest BCUT2D eigenvalue weighted by Crippen LogP contribution is -2.48. The molecule has 1 heterocycles. The van der Waals surface area contributed by atoms with E-state index < -0.39 is 16.1 Å². The number of hydrogen-bond donors (Lipinski definition) is 1. The molecule has 6 nitrogen and oxygen atoms in total. The average molecular weight is 437 g/mol. The fraction of sp³-hybridized carbons (Fsp3) is 0.208. The van der Waals surface area contributed by atoms with Crippen molar-refractivity contribution < 1.29 is 17.9 Å². The Morgan fingerprint density at radius 2 is 1.74 bits per heavy atom. The van der Waals surface area contributed by atoms with Crippen molar-refractivity contribution in [2.75, 3.05) is 16.2 Å². The minimum atomic E-state index is -3.86. The van der Waals surface area contributed by atoms with Gasteiger partial charge in [0.2, 0.25) is 0 Å². The second-order valence-corrected chi connectivity index (χ2v) is 9.24. The van der Waals surface area contributed by atoms with Gasteiger partial charge in [0.05, 0.1) is 17.1 Å². The number of benzene rings is 3. The van der Waals surface area contributed by atoms with Crippen LogP contribution in [0.25, 0.3) is 0 Å². The third-order valence-electron chi connectivity index (χ3n) is 5.35. The van der Waals surface area contributed by atoms with Crippen molar-refractivity contribution in [1.29, 1.82) is 0 Å². The quantitative estimate of drug-likeness (QED) is 0.652. The maximum Gasteiger partial charge on any atom is 0.267 e. The van der Waals surface area contributed by atoms with Crippen LogP contribution in [0.15, 0.2) is 77.7 Å². The number of amides is 1. The van der Waals surface area contributed by atoms with Crippen molar-refractivity contribution in [3.8, 4) is 5.75 Å². The Morgan fingerprint density at radius 1 is 1.03 bits per heavy atom. The molecule has 1 aliphatic rings. The summed E-state index contributed by atoms with van der Waals surface area (Å²) in [6, 6.07) is 20.9. The molecule has 1 amide bonds. The summed E-state index contributed by atoms with van der Waals surface area (Å²) in [6.45, 7) is 3.83. The Balaban J connectivity index is 1.68. The van der Waals surface area contributed by atoms with Crippen LogP contribution in [-0.4, -0.2) is 27.0 Å². The molecule has 0 fully saturated rings. The minimum Gasteiger partial charge on any atom is -0.476 e. The predicted octanol–water partition coefficient (Wildman–Crippen LogP) is 4.15. The van der Waals surface area contributed by atoms with Crippen LogP contribution in [0.3, 0.4) is 0 Å². The summed E-state index contributed by atoms with van der Waals surface area (Å²) >= 11 is 0. The van der Waals surface area contributed by atoms with E-state index in [1.165, 1.54) is 4.31 Å². The highest BCUT2D eigenvalue weighted by Crippen LogP contribution is 2.37. The summed E-state index contributed by atoms with van der Waals surface area (Å²) in [5.74, 6) is -0.0272. The molecule has 160 valence electrons. The van der Waals surface area contributed by atoms with E-state index >= 15 is 0 Å². The Kier molecular flexibility index (Phi) is 5.69. The molecule has 0 bridgehead atoms. The molecule has 0 unspecified atom stereocenters. The molecule has 0 radical (unpaired) electrons. The first-order valence-corrected chi connectivity index (χ1v) is 11.6. The van der Waals surface area contributed by atoms with Gasteiger partial charge in [0.1, 0.15) is 5.75 Å². The van der Waals surface area contributed by atoms with Crippen molar-refractivity contribution in [2.24, 2.45) is 0 Å². The first-order valence-electron chi connectivity index (χ1n) is 10.1. The number of nitrogens with zero attached hydrogens (tertiary/aromatic N) is 1. The topological polar surface area (TPSA) is 75.7 Å². The molecule has 7 heteroatoms. The minimum absolute atomic E-state index is 0.118. The monoisotopic (exact) mass is 436 g/mol. The fourth-order valence-corrected chi connectivity index (χ4v) is 5.19. The molecule has 0 saturated carbocycles. The number of aryl methyl sites for hydroxylation is 2. The number of carbonyl (C=O) groups is 1. The molecular weight excluding hydrogens is 412 g/mol. The van der Waals surface area contributed by atoms with Gasteiger partial charge in [0, 0.05) is 5.69 Å². The van der Waals surface area contributed by atoms with Gasteiger partial charge < -0.3 is 10.1 Å². The van der Waals surface area contributed by atoms with E-state index in [1.807, 2.05) is 32.0 Å². The zero-order chi connectivity index (χ0) is 22.0. The highest BCUT2D eigenvalue weighted by molar-refractivity contribution is 7.92. The van der Waals surface area contributed by atoms with E-state index in [0.717, 1.165) is 23.2 Å². The van der Waals surface area contributed by atoms with Gasteiger partial charge in [-0.3, -0.25) is 9.10 Å². The van der Waals surface area contributed by atoms with Crippen LogP contribution in [0.4, 0.5) is 11.4 Å². The van der Waals surface area contributed by atoms with Crippen molar-refractivity contribution in [3.63, 3.8) is 0 Å². The zero-order valence-electron chi connectivity index (χ0n) is 17.4. The largest absolute Gasteiger partial charge is 0.476 e. The standard InChI is InChI=1S/C24H24N2O4S/c1-3-18-11-9-10-17(2)23(18)25-24(27)22-16-26(20-14-7-8-15-21(20)30-22)31(28,29)19-12-5-4-6-13-19/h4-15,22H,3,16H2,1-2H3,(H,25,27)/t22-/m0/s1. The number of hydrogen-bond acceptors (Lipinski definition) is 4. The van der Waals surface area contributed by atoms with Crippen LogP contribution in [0.2, 0.25) is 0 Å². The van der Waals surface area contributed by atoms with Gasteiger partial charge in [-0.15, -0.1) is 0 Å². The maximum atomic E-state index is 13.4. The third-order valence-corrected chi connectivity index (χ3v) is 7.14. The first-order chi connectivity index (χ1) is 14.9. The lowest BCUT2D eigenvalue weighted by molar-refractivity contribution is -0.122. The summed E-state index contributed by atoms with van der Waals surface area (Å²) in [5, 5.41) is 2.96. The average Bonchev–Trinajstić information content (AvgIpc) is 2.80. The molecule has 4 rings (SSSR count). The molecule has 1 N–H and O–H groups in total. The lowest BCUT2D eigenvalue weighted by atomic mass is 10.1. The molecular formula is C24H24N2O4S. The smallest absolute Gasteiger partial charge is 0.267 e. The zero-order valence-corrected chi connectivity index (χ0v) is 18.2. The Morgan fingerprint density at radius 3 is 2.48 bits per heavy atom. The van der Waals surface area contributed by atoms with Gasteiger partial charge in [0.25, 0.3) is 15.9 Å². The summed E-state index contributed by atoms with van der Waals surface area (Å²) < 4.78 is 33.9. The molecule has 0 aromatic heterocycles. The third kappa shape index (κ3) is 4.01. The number of para-hydroxylation sites is 3. The summed E-state index contributed by atoms with van der Waals surface area (Å²) in [6.07, 6.45) is -0.224. The number of fused-ring (bicyclic) bond motifs is 1. The molecule has 0 spiro atoms. The molecule has 0 aliphatic carbocycles. The van der Waals surface area contributed by atoms with E-state index in [2.05, 4.69) is 5.32 Å². The van der Waals surface area contributed by atoms with Crippen LogP contribution in [-0.2, 0) is 21.2 Å². The number of ether oxygens (including phenoxy) is 1. The van der Waals surface area contributed by atoms with E-state index in [0.29, 0.717) is 11.4 Å². The van der Waals surface area contributed by atoms with Gasteiger partial charge in [-0.1, -0.05) is 55.5 Å². The van der Waals surface area contributed by atoms with Crippen molar-refractivity contribution in [2.45, 2.75) is 31.3 Å². The summed E-state index contributed by atoms with van der Waals surface area (Å²) in [5.41, 5.74) is 3.12. The molecule has 1 aliphatic heterocycles. The number of anilines is 2. The second kappa shape index (κ2) is 8.43. The number of nitrogens with one attached hydrogen (secondary N) is 1. The summed E-state index contributed by atoms with van der Waals surface area (Å²) in [7, 11) is -3.86. The van der Waals surface area contributed by atoms with E-state index in [9.17, 15) is 13.2 Å². The fourth-order valence-electron chi connectivity index (χ4n) is 3.69. The number of rotatable bonds is 5. The molecule has 31 heavy (non-hydrogen) atoms. The Bertz CT molecular complexity index is 1210. The van der Waals surface area contributed by atoms with Crippen LogP contribution < -0.4 is 14.4 Å². The van der Waals surface area contributed by atoms with Crippen LogP contribution in [0.1, 0.15) is 18.1 Å². The van der Waals surface area contributed by atoms with Crippen molar-refractivity contribution >= 4 is 27.3 Å². The van der Waals surface area contributed by atoms with Gasteiger partial charge in [-0.25, -0.2) is 8.42 Å². The van der Waals surface area contributed by atoms with Crippen molar-refractivity contribution in [1.82, 2.24) is 0 Å². The van der Waals surface area contributed by atoms with Crippen molar-refractivity contribution in [3.05, 3.63) is 83.9 Å². The summed E-state index contributed by atoms with van der Waals surface area (Å²) in [4.78, 5) is 13.3.